The average molecular weight is 433 g/mol. The molecule has 2 rings (SSSR count). The predicted molar refractivity (Wildman–Crippen MR) is 121 cm³/mol. The molecule has 0 fully saturated rings. The second-order valence-electron chi connectivity index (χ2n) is 6.96. The molecule has 0 heterocycles. The lowest BCUT2D eigenvalue weighted by molar-refractivity contribution is -0.139. The van der Waals surface area contributed by atoms with E-state index in [4.69, 9.17) is 11.6 Å². The van der Waals surface area contributed by atoms with Gasteiger partial charge in [0.1, 0.15) is 6.04 Å². The molecule has 0 radical (unpaired) electrons. The number of carbonyl (C=O) groups excluding carboxylic acids is 2. The standard InChI is InChI=1S/C23H29ClN2O2S/c1-4-14-25-23(28)21(5-2)26(15-18-8-6-17(3)7-9-18)22(27)16-29-20-12-10-19(24)11-13-20/h6-13,21H,4-5,14-16H2,1-3H3,(H,25,28)/t21-/m1/s1. The number of thioether (sulfide) groups is 1. The van der Waals surface area contributed by atoms with Crippen LogP contribution in [0.25, 0.3) is 0 Å². The molecule has 0 aromatic heterocycles. The van der Waals surface area contributed by atoms with Gasteiger partial charge in [-0.2, -0.15) is 0 Å². The maximum atomic E-state index is 13.1. The lowest BCUT2D eigenvalue weighted by atomic mass is 10.1. The fraction of sp³-hybridized carbons (Fsp3) is 0.391. The first kappa shape index (κ1) is 23.3. The molecule has 2 amide bonds. The van der Waals surface area contributed by atoms with Crippen LogP contribution in [0.15, 0.2) is 53.4 Å². The molecule has 0 saturated heterocycles. The molecule has 0 aliphatic carbocycles. The summed E-state index contributed by atoms with van der Waals surface area (Å²) in [5.74, 6) is 0.126. The molecular formula is C23H29ClN2O2S. The number of rotatable bonds is 10. The zero-order valence-corrected chi connectivity index (χ0v) is 18.9. The lowest BCUT2D eigenvalue weighted by Gasteiger charge is -2.30. The topological polar surface area (TPSA) is 49.4 Å². The Bertz CT molecular complexity index is 794. The molecule has 4 nitrogen and oxygen atoms in total. The van der Waals surface area contributed by atoms with Crippen LogP contribution in [0.1, 0.15) is 37.8 Å². The molecule has 156 valence electrons. The maximum absolute atomic E-state index is 13.1. The fourth-order valence-corrected chi connectivity index (χ4v) is 3.84. The van der Waals surface area contributed by atoms with Gasteiger partial charge in [-0.3, -0.25) is 9.59 Å². The number of benzene rings is 2. The molecule has 6 heteroatoms. The summed E-state index contributed by atoms with van der Waals surface area (Å²) < 4.78 is 0. The van der Waals surface area contributed by atoms with Gasteiger partial charge in [0.15, 0.2) is 0 Å². The molecule has 0 aliphatic heterocycles. The Kier molecular flexibility index (Phi) is 9.55. The molecule has 1 N–H and O–H groups in total. The lowest BCUT2D eigenvalue weighted by Crippen LogP contribution is -2.49. The molecule has 29 heavy (non-hydrogen) atoms. The van der Waals surface area contributed by atoms with Crippen LogP contribution in [0, 0.1) is 6.92 Å². The van der Waals surface area contributed by atoms with Gasteiger partial charge >= 0.3 is 0 Å². The van der Waals surface area contributed by atoms with Gasteiger partial charge in [0.05, 0.1) is 5.75 Å². The third kappa shape index (κ3) is 7.41. The Balaban J connectivity index is 2.16. The van der Waals surface area contributed by atoms with E-state index in [1.165, 1.54) is 11.8 Å². The summed E-state index contributed by atoms with van der Waals surface area (Å²) >= 11 is 7.39. The molecule has 2 aromatic carbocycles. The normalized spacial score (nSPS) is 11.7. The van der Waals surface area contributed by atoms with Gasteiger partial charge in [-0.05, 0) is 49.6 Å². The first-order valence-corrected chi connectivity index (χ1v) is 11.3. The number of halogens is 1. The summed E-state index contributed by atoms with van der Waals surface area (Å²) in [6, 6.07) is 15.0. The number of amides is 2. The van der Waals surface area contributed by atoms with Crippen LogP contribution in [-0.4, -0.2) is 35.1 Å². The highest BCUT2D eigenvalue weighted by Crippen LogP contribution is 2.22. The van der Waals surface area contributed by atoms with Crippen molar-refractivity contribution in [3.05, 3.63) is 64.7 Å². The van der Waals surface area contributed by atoms with E-state index in [0.29, 0.717) is 24.5 Å². The van der Waals surface area contributed by atoms with E-state index in [2.05, 4.69) is 5.32 Å². The van der Waals surface area contributed by atoms with E-state index in [1.807, 2.05) is 69.3 Å². The van der Waals surface area contributed by atoms with Crippen LogP contribution in [0.5, 0.6) is 0 Å². The smallest absolute Gasteiger partial charge is 0.242 e. The average Bonchev–Trinajstić information content (AvgIpc) is 2.72. The van der Waals surface area contributed by atoms with Gasteiger partial charge in [-0.15, -0.1) is 11.8 Å². The Labute approximate surface area is 183 Å². The van der Waals surface area contributed by atoms with E-state index in [1.54, 1.807) is 4.90 Å². The zero-order chi connectivity index (χ0) is 21.2. The Morgan fingerprint density at radius 1 is 1.07 bits per heavy atom. The van der Waals surface area contributed by atoms with Crippen molar-refractivity contribution in [3.63, 3.8) is 0 Å². The summed E-state index contributed by atoms with van der Waals surface area (Å²) in [6.07, 6.45) is 1.43. The number of hydrogen-bond donors (Lipinski definition) is 1. The highest BCUT2D eigenvalue weighted by Gasteiger charge is 2.28. The molecule has 0 spiro atoms. The Hall–Kier alpha value is -1.98. The van der Waals surface area contributed by atoms with Gasteiger partial charge in [-0.1, -0.05) is 55.3 Å². The summed E-state index contributed by atoms with van der Waals surface area (Å²) in [5.41, 5.74) is 2.18. The van der Waals surface area contributed by atoms with Crippen molar-refractivity contribution in [2.45, 2.75) is 51.1 Å². The van der Waals surface area contributed by atoms with Gasteiger partial charge in [0, 0.05) is 23.0 Å². The Morgan fingerprint density at radius 3 is 2.31 bits per heavy atom. The van der Waals surface area contributed by atoms with Gasteiger partial charge in [-0.25, -0.2) is 0 Å². The van der Waals surface area contributed by atoms with Gasteiger partial charge in [0.25, 0.3) is 0 Å². The first-order chi connectivity index (χ1) is 13.9. The quantitative estimate of drug-likeness (QED) is 0.533. The number of carbonyl (C=O) groups is 2. The number of nitrogens with one attached hydrogen (secondary N) is 1. The Morgan fingerprint density at radius 2 is 1.72 bits per heavy atom. The molecule has 2 aromatic rings. The fourth-order valence-electron chi connectivity index (χ4n) is 2.93. The molecule has 1 atom stereocenters. The zero-order valence-electron chi connectivity index (χ0n) is 17.3. The molecule has 0 bridgehead atoms. The molecule has 0 aliphatic rings. The number of aryl methyl sites for hydroxylation is 1. The van der Waals surface area contributed by atoms with Crippen LogP contribution < -0.4 is 5.32 Å². The van der Waals surface area contributed by atoms with Crippen molar-refractivity contribution in [2.75, 3.05) is 12.3 Å². The second kappa shape index (κ2) is 11.9. The highest BCUT2D eigenvalue weighted by molar-refractivity contribution is 8.00. The second-order valence-corrected chi connectivity index (χ2v) is 8.45. The summed E-state index contributed by atoms with van der Waals surface area (Å²) in [6.45, 7) is 7.01. The van der Waals surface area contributed by atoms with E-state index < -0.39 is 6.04 Å². The van der Waals surface area contributed by atoms with E-state index in [-0.39, 0.29) is 17.6 Å². The third-order valence-corrected chi connectivity index (χ3v) is 5.83. The van der Waals surface area contributed by atoms with Gasteiger partial charge < -0.3 is 10.2 Å². The van der Waals surface area contributed by atoms with Gasteiger partial charge in [0.2, 0.25) is 11.8 Å². The summed E-state index contributed by atoms with van der Waals surface area (Å²) in [7, 11) is 0. The van der Waals surface area contributed by atoms with Crippen LogP contribution in [0.4, 0.5) is 0 Å². The molecular weight excluding hydrogens is 404 g/mol. The van der Waals surface area contributed by atoms with Crippen LogP contribution in [0.2, 0.25) is 5.02 Å². The summed E-state index contributed by atoms with van der Waals surface area (Å²) in [4.78, 5) is 28.5. The molecule has 0 unspecified atom stereocenters. The number of hydrogen-bond acceptors (Lipinski definition) is 3. The van der Waals surface area contributed by atoms with Crippen LogP contribution in [-0.2, 0) is 16.1 Å². The third-order valence-electron chi connectivity index (χ3n) is 4.58. The van der Waals surface area contributed by atoms with E-state index in [9.17, 15) is 9.59 Å². The van der Waals surface area contributed by atoms with Crippen molar-refractivity contribution in [3.8, 4) is 0 Å². The minimum atomic E-state index is -0.485. The van der Waals surface area contributed by atoms with Crippen molar-refractivity contribution in [1.82, 2.24) is 10.2 Å². The van der Waals surface area contributed by atoms with Crippen molar-refractivity contribution >= 4 is 35.2 Å². The van der Waals surface area contributed by atoms with E-state index in [0.717, 1.165) is 22.4 Å². The maximum Gasteiger partial charge on any atom is 0.242 e. The van der Waals surface area contributed by atoms with Crippen LogP contribution in [0.3, 0.4) is 0 Å². The van der Waals surface area contributed by atoms with Crippen molar-refractivity contribution in [1.29, 1.82) is 0 Å². The van der Waals surface area contributed by atoms with Crippen LogP contribution >= 0.6 is 23.4 Å². The number of nitrogens with zero attached hydrogens (tertiary/aromatic N) is 1. The van der Waals surface area contributed by atoms with Crippen molar-refractivity contribution in [2.24, 2.45) is 0 Å². The van der Waals surface area contributed by atoms with E-state index >= 15 is 0 Å². The SMILES string of the molecule is CCCNC(=O)[C@@H](CC)N(Cc1ccc(C)cc1)C(=O)CSc1ccc(Cl)cc1. The summed E-state index contributed by atoms with van der Waals surface area (Å²) in [5, 5.41) is 3.61. The largest absolute Gasteiger partial charge is 0.354 e. The minimum Gasteiger partial charge on any atom is -0.354 e. The monoisotopic (exact) mass is 432 g/mol. The first-order valence-electron chi connectivity index (χ1n) is 9.95. The minimum absolute atomic E-state index is 0.0518. The predicted octanol–water partition coefficient (Wildman–Crippen LogP) is 5.07. The molecule has 0 saturated carbocycles. The highest BCUT2D eigenvalue weighted by atomic mass is 35.5. The van der Waals surface area contributed by atoms with Crippen molar-refractivity contribution < 1.29 is 9.59 Å².